The third-order valence-corrected chi connectivity index (χ3v) is 4.31. The average molecular weight is 298 g/mol. The number of nitrogens with one attached hydrogen (secondary N) is 1. The normalized spacial score (nSPS) is 22.4. The van der Waals surface area contributed by atoms with Crippen molar-refractivity contribution in [3.05, 3.63) is 66.2 Å². The molecule has 2 nitrogen and oxygen atoms in total. The van der Waals surface area contributed by atoms with Crippen LogP contribution in [-0.4, -0.2) is 36.7 Å². The SMILES string of the molecule is FC1CN(CCc2ccccc2)CCC1Nc1ccccc1. The molecule has 1 aliphatic heterocycles. The Labute approximate surface area is 132 Å². The van der Waals surface area contributed by atoms with Crippen molar-refractivity contribution >= 4 is 5.69 Å². The molecule has 0 bridgehead atoms. The summed E-state index contributed by atoms with van der Waals surface area (Å²) in [6.07, 6.45) is 1.03. The maximum atomic E-state index is 14.4. The molecule has 22 heavy (non-hydrogen) atoms. The molecule has 2 aromatic rings. The van der Waals surface area contributed by atoms with Gasteiger partial charge in [0.05, 0.1) is 6.04 Å². The Balaban J connectivity index is 1.47. The van der Waals surface area contributed by atoms with Crippen molar-refractivity contribution in [2.75, 3.05) is 25.0 Å². The number of anilines is 1. The van der Waals surface area contributed by atoms with E-state index in [1.165, 1.54) is 5.56 Å². The number of nitrogens with zero attached hydrogens (tertiary/aromatic N) is 1. The highest BCUT2D eigenvalue weighted by molar-refractivity contribution is 5.43. The zero-order chi connectivity index (χ0) is 15.2. The second-order valence-electron chi connectivity index (χ2n) is 5.96. The summed E-state index contributed by atoms with van der Waals surface area (Å²) in [5.74, 6) is 0. The van der Waals surface area contributed by atoms with Crippen LogP contribution in [-0.2, 0) is 6.42 Å². The number of hydrogen-bond acceptors (Lipinski definition) is 2. The van der Waals surface area contributed by atoms with E-state index in [1.54, 1.807) is 0 Å². The summed E-state index contributed by atoms with van der Waals surface area (Å²) in [5, 5.41) is 3.32. The zero-order valence-corrected chi connectivity index (χ0v) is 12.8. The van der Waals surface area contributed by atoms with E-state index in [1.807, 2.05) is 36.4 Å². The first-order valence-electron chi connectivity index (χ1n) is 8.03. The topological polar surface area (TPSA) is 15.3 Å². The van der Waals surface area contributed by atoms with Gasteiger partial charge in [-0.05, 0) is 30.5 Å². The van der Waals surface area contributed by atoms with Crippen LogP contribution >= 0.6 is 0 Å². The number of para-hydroxylation sites is 1. The van der Waals surface area contributed by atoms with E-state index >= 15 is 0 Å². The predicted molar refractivity (Wildman–Crippen MR) is 90.0 cm³/mol. The van der Waals surface area contributed by atoms with Crippen LogP contribution in [0.25, 0.3) is 0 Å². The van der Waals surface area contributed by atoms with Crippen molar-refractivity contribution < 1.29 is 4.39 Å². The van der Waals surface area contributed by atoms with Gasteiger partial charge in [-0.3, -0.25) is 4.90 Å². The van der Waals surface area contributed by atoms with Gasteiger partial charge in [0.25, 0.3) is 0 Å². The van der Waals surface area contributed by atoms with E-state index in [0.29, 0.717) is 6.54 Å². The standard InChI is InChI=1S/C19H23FN2/c20-18-15-22(13-11-16-7-3-1-4-8-16)14-12-19(18)21-17-9-5-2-6-10-17/h1-10,18-19,21H,11-15H2. The average Bonchev–Trinajstić information content (AvgIpc) is 2.57. The van der Waals surface area contributed by atoms with E-state index < -0.39 is 6.17 Å². The number of rotatable bonds is 5. The van der Waals surface area contributed by atoms with Crippen molar-refractivity contribution in [3.63, 3.8) is 0 Å². The second kappa shape index (κ2) is 7.41. The Morgan fingerprint density at radius 1 is 1.00 bits per heavy atom. The first kappa shape index (κ1) is 15.0. The lowest BCUT2D eigenvalue weighted by Gasteiger charge is -2.35. The summed E-state index contributed by atoms with van der Waals surface area (Å²) in [5.41, 5.74) is 2.33. The van der Waals surface area contributed by atoms with Gasteiger partial charge in [0.2, 0.25) is 0 Å². The Kier molecular flexibility index (Phi) is 5.07. The Morgan fingerprint density at radius 3 is 2.36 bits per heavy atom. The molecule has 0 aliphatic carbocycles. The van der Waals surface area contributed by atoms with E-state index in [4.69, 9.17) is 0 Å². The van der Waals surface area contributed by atoms with Gasteiger partial charge in [-0.25, -0.2) is 4.39 Å². The summed E-state index contributed by atoms with van der Waals surface area (Å²) in [7, 11) is 0. The van der Waals surface area contributed by atoms with Crippen molar-refractivity contribution in [1.82, 2.24) is 4.90 Å². The summed E-state index contributed by atoms with van der Waals surface area (Å²) >= 11 is 0. The summed E-state index contributed by atoms with van der Waals surface area (Å²) in [6.45, 7) is 2.41. The Morgan fingerprint density at radius 2 is 1.68 bits per heavy atom. The number of piperidine rings is 1. The van der Waals surface area contributed by atoms with Gasteiger partial charge in [-0.2, -0.15) is 0 Å². The quantitative estimate of drug-likeness (QED) is 0.904. The van der Waals surface area contributed by atoms with E-state index in [9.17, 15) is 4.39 Å². The summed E-state index contributed by atoms with van der Waals surface area (Å²) in [4.78, 5) is 2.24. The van der Waals surface area contributed by atoms with Crippen molar-refractivity contribution in [2.24, 2.45) is 0 Å². The van der Waals surface area contributed by atoms with Crippen LogP contribution in [0.5, 0.6) is 0 Å². The van der Waals surface area contributed by atoms with Crippen molar-refractivity contribution in [1.29, 1.82) is 0 Å². The maximum Gasteiger partial charge on any atom is 0.133 e. The van der Waals surface area contributed by atoms with Gasteiger partial charge in [-0.15, -0.1) is 0 Å². The highest BCUT2D eigenvalue weighted by Crippen LogP contribution is 2.19. The molecular formula is C19H23FN2. The highest BCUT2D eigenvalue weighted by Gasteiger charge is 2.28. The fourth-order valence-electron chi connectivity index (χ4n) is 3.01. The van der Waals surface area contributed by atoms with Gasteiger partial charge in [0, 0.05) is 25.3 Å². The Hall–Kier alpha value is -1.87. The van der Waals surface area contributed by atoms with E-state index in [2.05, 4.69) is 34.5 Å². The molecule has 1 aliphatic rings. The lowest BCUT2D eigenvalue weighted by atomic mass is 10.0. The molecule has 0 saturated carbocycles. The molecular weight excluding hydrogens is 275 g/mol. The van der Waals surface area contributed by atoms with Gasteiger partial charge < -0.3 is 5.32 Å². The van der Waals surface area contributed by atoms with Crippen LogP contribution in [0.1, 0.15) is 12.0 Å². The molecule has 2 atom stereocenters. The number of likely N-dealkylation sites (tertiary alicyclic amines) is 1. The van der Waals surface area contributed by atoms with Crippen LogP contribution in [0.2, 0.25) is 0 Å². The van der Waals surface area contributed by atoms with Crippen molar-refractivity contribution in [3.8, 4) is 0 Å². The molecule has 2 aromatic carbocycles. The first-order valence-corrected chi connectivity index (χ1v) is 8.03. The molecule has 2 unspecified atom stereocenters. The molecule has 1 saturated heterocycles. The number of benzene rings is 2. The fourth-order valence-corrected chi connectivity index (χ4v) is 3.01. The van der Waals surface area contributed by atoms with E-state index in [-0.39, 0.29) is 6.04 Å². The summed E-state index contributed by atoms with van der Waals surface area (Å²) < 4.78 is 14.4. The number of hydrogen-bond donors (Lipinski definition) is 1. The van der Waals surface area contributed by atoms with Crippen LogP contribution in [0, 0.1) is 0 Å². The third kappa shape index (κ3) is 4.08. The lowest BCUT2D eigenvalue weighted by molar-refractivity contribution is 0.128. The fraction of sp³-hybridized carbons (Fsp3) is 0.368. The van der Waals surface area contributed by atoms with Gasteiger partial charge >= 0.3 is 0 Å². The minimum absolute atomic E-state index is 0.0737. The molecule has 1 heterocycles. The lowest BCUT2D eigenvalue weighted by Crippen LogP contribution is -2.48. The molecule has 0 amide bonds. The molecule has 0 aromatic heterocycles. The molecule has 0 radical (unpaired) electrons. The third-order valence-electron chi connectivity index (χ3n) is 4.31. The zero-order valence-electron chi connectivity index (χ0n) is 12.8. The smallest absolute Gasteiger partial charge is 0.133 e. The van der Waals surface area contributed by atoms with Gasteiger partial charge in [0.15, 0.2) is 0 Å². The van der Waals surface area contributed by atoms with Crippen LogP contribution in [0.3, 0.4) is 0 Å². The summed E-state index contributed by atoms with van der Waals surface area (Å²) in [6, 6.07) is 20.3. The molecule has 3 rings (SSSR count). The van der Waals surface area contributed by atoms with Crippen LogP contribution in [0.4, 0.5) is 10.1 Å². The Bertz CT molecular complexity index is 558. The molecule has 116 valence electrons. The predicted octanol–water partition coefficient (Wildman–Crippen LogP) is 3.75. The second-order valence-corrected chi connectivity index (χ2v) is 5.96. The highest BCUT2D eigenvalue weighted by atomic mass is 19.1. The molecule has 3 heteroatoms. The largest absolute Gasteiger partial charge is 0.379 e. The monoisotopic (exact) mass is 298 g/mol. The minimum Gasteiger partial charge on any atom is -0.379 e. The molecule has 1 N–H and O–H groups in total. The number of halogens is 1. The molecule has 1 fully saturated rings. The number of alkyl halides is 1. The minimum atomic E-state index is -0.815. The molecule has 0 spiro atoms. The van der Waals surface area contributed by atoms with Crippen LogP contribution in [0.15, 0.2) is 60.7 Å². The first-order chi connectivity index (χ1) is 10.8. The maximum absolute atomic E-state index is 14.4. The van der Waals surface area contributed by atoms with Gasteiger partial charge in [-0.1, -0.05) is 48.5 Å². The van der Waals surface area contributed by atoms with E-state index in [0.717, 1.165) is 31.6 Å². The van der Waals surface area contributed by atoms with Crippen LogP contribution < -0.4 is 5.32 Å². The van der Waals surface area contributed by atoms with Crippen molar-refractivity contribution in [2.45, 2.75) is 25.1 Å². The van der Waals surface area contributed by atoms with Gasteiger partial charge in [0.1, 0.15) is 6.17 Å².